The van der Waals surface area contributed by atoms with Crippen molar-refractivity contribution in [1.29, 1.82) is 0 Å². The van der Waals surface area contributed by atoms with E-state index in [2.05, 4.69) is 15.9 Å². The molecular formula is C13H15BrF2. The number of halogens is 3. The van der Waals surface area contributed by atoms with Gasteiger partial charge in [0.15, 0.2) is 0 Å². The standard InChI is InChI=1S/C13H15BrF2/c1-8-5-13(16)10(7-12(8)15)11(14)6-9-3-2-4-9/h5,7,9,11H,2-4,6H2,1H3. The Labute approximate surface area is 103 Å². The van der Waals surface area contributed by atoms with E-state index in [1.807, 2.05) is 0 Å². The van der Waals surface area contributed by atoms with Gasteiger partial charge in [-0.15, -0.1) is 0 Å². The molecule has 0 N–H and O–H groups in total. The number of alkyl halides is 1. The maximum absolute atomic E-state index is 13.7. The quantitative estimate of drug-likeness (QED) is 0.694. The number of hydrogen-bond donors (Lipinski definition) is 0. The van der Waals surface area contributed by atoms with Crippen LogP contribution in [0.5, 0.6) is 0 Å². The van der Waals surface area contributed by atoms with Crippen LogP contribution in [-0.2, 0) is 0 Å². The highest BCUT2D eigenvalue weighted by molar-refractivity contribution is 9.09. The molecule has 1 aromatic carbocycles. The van der Waals surface area contributed by atoms with Crippen molar-refractivity contribution < 1.29 is 8.78 Å². The highest BCUT2D eigenvalue weighted by Crippen LogP contribution is 2.39. The molecule has 0 amide bonds. The fraction of sp³-hybridized carbons (Fsp3) is 0.538. The first-order valence-corrected chi connectivity index (χ1v) is 6.59. The Hall–Kier alpha value is -0.440. The van der Waals surface area contributed by atoms with Gasteiger partial charge in [0.2, 0.25) is 0 Å². The molecule has 2 rings (SSSR count). The SMILES string of the molecule is Cc1cc(F)c(C(Br)CC2CCC2)cc1F. The Bertz CT molecular complexity index is 386. The Morgan fingerprint density at radius 2 is 2.00 bits per heavy atom. The van der Waals surface area contributed by atoms with E-state index in [1.165, 1.54) is 31.4 Å². The molecule has 0 nitrogen and oxygen atoms in total. The molecule has 0 heterocycles. The highest BCUT2D eigenvalue weighted by Gasteiger charge is 2.23. The van der Waals surface area contributed by atoms with Crippen molar-refractivity contribution in [2.75, 3.05) is 0 Å². The Morgan fingerprint density at radius 3 is 2.56 bits per heavy atom. The van der Waals surface area contributed by atoms with Crippen molar-refractivity contribution >= 4 is 15.9 Å². The van der Waals surface area contributed by atoms with Gasteiger partial charge in [-0.05, 0) is 37.0 Å². The maximum Gasteiger partial charge on any atom is 0.128 e. The van der Waals surface area contributed by atoms with Crippen LogP contribution in [0.3, 0.4) is 0 Å². The molecule has 1 fully saturated rings. The van der Waals surface area contributed by atoms with Crippen LogP contribution in [0.2, 0.25) is 0 Å². The van der Waals surface area contributed by atoms with Gasteiger partial charge in [-0.3, -0.25) is 0 Å². The van der Waals surface area contributed by atoms with Crippen LogP contribution in [0.15, 0.2) is 12.1 Å². The third kappa shape index (κ3) is 2.45. The van der Waals surface area contributed by atoms with Gasteiger partial charge in [0.05, 0.1) is 0 Å². The van der Waals surface area contributed by atoms with Gasteiger partial charge >= 0.3 is 0 Å². The lowest BCUT2D eigenvalue weighted by Crippen LogP contribution is -2.13. The first kappa shape index (κ1) is 12.0. The summed E-state index contributed by atoms with van der Waals surface area (Å²) in [6, 6.07) is 2.60. The Balaban J connectivity index is 2.14. The maximum atomic E-state index is 13.7. The molecule has 0 aliphatic heterocycles. The number of hydrogen-bond acceptors (Lipinski definition) is 0. The summed E-state index contributed by atoms with van der Waals surface area (Å²) < 4.78 is 27.0. The molecule has 0 bridgehead atoms. The predicted octanol–water partition coefficient (Wildman–Crippen LogP) is 4.90. The van der Waals surface area contributed by atoms with E-state index in [0.717, 1.165) is 6.42 Å². The van der Waals surface area contributed by atoms with E-state index < -0.39 is 0 Å². The molecule has 0 radical (unpaired) electrons. The first-order valence-electron chi connectivity index (χ1n) is 5.67. The van der Waals surface area contributed by atoms with Crippen LogP contribution in [-0.4, -0.2) is 0 Å². The second kappa shape index (κ2) is 4.82. The summed E-state index contributed by atoms with van der Waals surface area (Å²) in [4.78, 5) is -0.0621. The minimum atomic E-state index is -0.325. The molecule has 1 unspecified atom stereocenters. The zero-order valence-corrected chi connectivity index (χ0v) is 10.9. The van der Waals surface area contributed by atoms with Crippen LogP contribution in [0.1, 0.15) is 41.6 Å². The lowest BCUT2D eigenvalue weighted by Gasteiger charge is -2.27. The van der Waals surface area contributed by atoms with Crippen molar-refractivity contribution in [3.8, 4) is 0 Å². The van der Waals surface area contributed by atoms with Gasteiger partial charge in [-0.1, -0.05) is 35.2 Å². The number of rotatable bonds is 3. The molecule has 16 heavy (non-hydrogen) atoms. The summed E-state index contributed by atoms with van der Waals surface area (Å²) in [7, 11) is 0. The van der Waals surface area contributed by atoms with E-state index in [1.54, 1.807) is 6.92 Å². The van der Waals surface area contributed by atoms with Crippen LogP contribution in [0.25, 0.3) is 0 Å². The monoisotopic (exact) mass is 288 g/mol. The molecule has 1 aromatic rings. The number of aryl methyl sites for hydroxylation is 1. The first-order chi connectivity index (χ1) is 7.58. The molecule has 1 aliphatic rings. The molecule has 1 atom stereocenters. The van der Waals surface area contributed by atoms with Gasteiger partial charge in [0.1, 0.15) is 11.6 Å². The van der Waals surface area contributed by atoms with E-state index >= 15 is 0 Å². The van der Waals surface area contributed by atoms with E-state index in [9.17, 15) is 8.78 Å². The van der Waals surface area contributed by atoms with Crippen molar-refractivity contribution in [2.24, 2.45) is 5.92 Å². The fourth-order valence-corrected chi connectivity index (χ4v) is 2.93. The van der Waals surface area contributed by atoms with Gasteiger partial charge in [-0.25, -0.2) is 8.78 Å². The lowest BCUT2D eigenvalue weighted by molar-refractivity contribution is 0.294. The van der Waals surface area contributed by atoms with Crippen molar-refractivity contribution in [3.05, 3.63) is 34.9 Å². The average molecular weight is 289 g/mol. The zero-order valence-electron chi connectivity index (χ0n) is 9.27. The highest BCUT2D eigenvalue weighted by atomic mass is 79.9. The van der Waals surface area contributed by atoms with Gasteiger partial charge in [0.25, 0.3) is 0 Å². The van der Waals surface area contributed by atoms with Gasteiger partial charge in [0, 0.05) is 10.4 Å². The predicted molar refractivity (Wildman–Crippen MR) is 64.7 cm³/mol. The molecular weight excluding hydrogens is 274 g/mol. The van der Waals surface area contributed by atoms with Crippen molar-refractivity contribution in [2.45, 2.75) is 37.4 Å². The van der Waals surface area contributed by atoms with Gasteiger partial charge in [-0.2, -0.15) is 0 Å². The number of benzene rings is 1. The lowest BCUT2D eigenvalue weighted by atomic mass is 9.81. The fourth-order valence-electron chi connectivity index (χ4n) is 2.05. The van der Waals surface area contributed by atoms with Crippen LogP contribution in [0, 0.1) is 24.5 Å². The molecule has 3 heteroatoms. The average Bonchev–Trinajstić information content (AvgIpc) is 2.17. The van der Waals surface area contributed by atoms with E-state index in [4.69, 9.17) is 0 Å². The molecule has 88 valence electrons. The summed E-state index contributed by atoms with van der Waals surface area (Å²) >= 11 is 3.46. The Morgan fingerprint density at radius 1 is 1.31 bits per heavy atom. The molecule has 0 spiro atoms. The molecule has 0 aromatic heterocycles. The summed E-state index contributed by atoms with van der Waals surface area (Å²) in [6.07, 6.45) is 4.62. The minimum Gasteiger partial charge on any atom is -0.207 e. The third-order valence-corrected chi connectivity index (χ3v) is 4.25. The van der Waals surface area contributed by atoms with Crippen molar-refractivity contribution in [1.82, 2.24) is 0 Å². The van der Waals surface area contributed by atoms with Gasteiger partial charge < -0.3 is 0 Å². The topological polar surface area (TPSA) is 0 Å². The van der Waals surface area contributed by atoms with Crippen LogP contribution < -0.4 is 0 Å². The zero-order chi connectivity index (χ0) is 11.7. The van der Waals surface area contributed by atoms with Crippen LogP contribution >= 0.6 is 15.9 Å². The van der Waals surface area contributed by atoms with Crippen LogP contribution in [0.4, 0.5) is 8.78 Å². The second-order valence-electron chi connectivity index (χ2n) is 4.62. The third-order valence-electron chi connectivity index (χ3n) is 3.38. The summed E-state index contributed by atoms with van der Waals surface area (Å²) in [6.45, 7) is 1.58. The molecule has 1 aliphatic carbocycles. The second-order valence-corrected chi connectivity index (χ2v) is 5.73. The van der Waals surface area contributed by atoms with Crippen molar-refractivity contribution in [3.63, 3.8) is 0 Å². The molecule has 0 saturated heterocycles. The summed E-state index contributed by atoms with van der Waals surface area (Å²) in [5.41, 5.74) is 0.819. The normalized spacial score (nSPS) is 18.2. The smallest absolute Gasteiger partial charge is 0.128 e. The summed E-state index contributed by atoms with van der Waals surface area (Å²) in [5.74, 6) is 0.0442. The largest absolute Gasteiger partial charge is 0.207 e. The summed E-state index contributed by atoms with van der Waals surface area (Å²) in [5, 5.41) is 0. The minimum absolute atomic E-state index is 0.0621. The Kier molecular flexibility index (Phi) is 3.63. The van der Waals surface area contributed by atoms with E-state index in [0.29, 0.717) is 17.0 Å². The molecule has 1 saturated carbocycles. The van der Waals surface area contributed by atoms with E-state index in [-0.39, 0.29) is 16.5 Å².